The van der Waals surface area contributed by atoms with Crippen LogP contribution in [0.15, 0.2) is 30.3 Å². The number of likely N-dealkylation sites (tertiary alicyclic amines) is 1. The third-order valence-corrected chi connectivity index (χ3v) is 6.04. The monoisotopic (exact) mass is 514 g/mol. The Morgan fingerprint density at radius 1 is 1.24 bits per heavy atom. The molecule has 1 aliphatic rings. The molecule has 0 bridgehead atoms. The normalized spacial score (nSPS) is 17.0. The summed E-state index contributed by atoms with van der Waals surface area (Å²) in [5, 5.41) is 6.23. The summed E-state index contributed by atoms with van der Waals surface area (Å²) in [6, 6.07) is 9.32. The number of carbonyl (C=O) groups is 3. The number of ether oxygens (including phenoxy) is 2. The summed E-state index contributed by atoms with van der Waals surface area (Å²) in [6.45, 7) is 8.80. The molecule has 0 radical (unpaired) electrons. The second-order valence-electron chi connectivity index (χ2n) is 10.4. The summed E-state index contributed by atoms with van der Waals surface area (Å²) in [5.74, 6) is 1.70. The van der Waals surface area contributed by atoms with Gasteiger partial charge in [0, 0.05) is 26.2 Å². The SMILES string of the molecule is C#CCOC(C)C(NC(=O)CN(C)C(=O)OC(C)(C)C)C(=O)N1CCCC1CNCCc1ccccc1. The number of terminal acetylenes is 1. The number of likely N-dealkylation sites (N-methyl/N-ethyl adjacent to an activating group) is 1. The molecule has 3 amide bonds. The van der Waals surface area contributed by atoms with E-state index < -0.39 is 29.7 Å². The van der Waals surface area contributed by atoms with Gasteiger partial charge in [0.25, 0.3) is 0 Å². The summed E-state index contributed by atoms with van der Waals surface area (Å²) in [4.78, 5) is 41.7. The van der Waals surface area contributed by atoms with Crippen molar-refractivity contribution in [3.05, 3.63) is 35.9 Å². The van der Waals surface area contributed by atoms with E-state index in [1.165, 1.54) is 17.5 Å². The summed E-state index contributed by atoms with van der Waals surface area (Å²) in [6.07, 6.45) is 6.74. The Labute approximate surface area is 221 Å². The smallest absolute Gasteiger partial charge is 0.410 e. The van der Waals surface area contributed by atoms with Crippen LogP contribution < -0.4 is 10.6 Å². The van der Waals surface area contributed by atoms with Gasteiger partial charge >= 0.3 is 6.09 Å². The lowest BCUT2D eigenvalue weighted by molar-refractivity contribution is -0.141. The van der Waals surface area contributed by atoms with E-state index in [0.29, 0.717) is 13.1 Å². The fourth-order valence-corrected chi connectivity index (χ4v) is 4.16. The molecule has 3 unspecified atom stereocenters. The van der Waals surface area contributed by atoms with E-state index in [1.807, 2.05) is 23.1 Å². The van der Waals surface area contributed by atoms with Gasteiger partial charge in [-0.15, -0.1) is 6.42 Å². The van der Waals surface area contributed by atoms with Gasteiger partial charge in [0.2, 0.25) is 11.8 Å². The zero-order valence-corrected chi connectivity index (χ0v) is 22.8. The molecular formula is C28H42N4O5. The summed E-state index contributed by atoms with van der Waals surface area (Å²) < 4.78 is 10.9. The van der Waals surface area contributed by atoms with Gasteiger partial charge in [-0.05, 0) is 59.1 Å². The van der Waals surface area contributed by atoms with Crippen molar-refractivity contribution in [2.75, 3.05) is 39.8 Å². The van der Waals surface area contributed by atoms with E-state index >= 15 is 0 Å². The second-order valence-corrected chi connectivity index (χ2v) is 10.4. The maximum absolute atomic E-state index is 13.6. The first-order chi connectivity index (χ1) is 17.5. The van der Waals surface area contributed by atoms with Gasteiger partial charge in [-0.1, -0.05) is 36.3 Å². The van der Waals surface area contributed by atoms with E-state index in [0.717, 1.165) is 25.8 Å². The first-order valence-electron chi connectivity index (χ1n) is 12.9. The Balaban J connectivity index is 1.99. The molecule has 0 saturated carbocycles. The average Bonchev–Trinajstić information content (AvgIpc) is 3.31. The van der Waals surface area contributed by atoms with Crippen LogP contribution >= 0.6 is 0 Å². The highest BCUT2D eigenvalue weighted by atomic mass is 16.6. The predicted octanol–water partition coefficient (Wildman–Crippen LogP) is 2.20. The minimum Gasteiger partial charge on any atom is -0.444 e. The Morgan fingerprint density at radius 3 is 2.59 bits per heavy atom. The molecule has 1 aliphatic heterocycles. The van der Waals surface area contributed by atoms with Gasteiger partial charge in [-0.3, -0.25) is 9.59 Å². The fraction of sp³-hybridized carbons (Fsp3) is 0.607. The van der Waals surface area contributed by atoms with Crippen molar-refractivity contribution in [1.29, 1.82) is 0 Å². The van der Waals surface area contributed by atoms with E-state index in [2.05, 4.69) is 28.7 Å². The lowest BCUT2D eigenvalue weighted by Crippen LogP contribution is -2.57. The molecule has 9 heteroatoms. The Hall–Kier alpha value is -3.09. The molecule has 1 heterocycles. The zero-order chi connectivity index (χ0) is 27.4. The number of carbonyl (C=O) groups excluding carboxylic acids is 3. The maximum atomic E-state index is 13.6. The fourth-order valence-electron chi connectivity index (χ4n) is 4.16. The van der Waals surface area contributed by atoms with Crippen LogP contribution in [-0.2, 0) is 25.5 Å². The molecule has 1 aromatic carbocycles. The van der Waals surface area contributed by atoms with Gasteiger partial charge in [0.05, 0.1) is 6.10 Å². The molecule has 9 nitrogen and oxygen atoms in total. The van der Waals surface area contributed by atoms with Gasteiger partial charge in [0.1, 0.15) is 24.8 Å². The zero-order valence-electron chi connectivity index (χ0n) is 22.8. The molecule has 0 spiro atoms. The molecule has 0 aromatic heterocycles. The highest BCUT2D eigenvalue weighted by Crippen LogP contribution is 2.19. The maximum Gasteiger partial charge on any atom is 0.410 e. The van der Waals surface area contributed by atoms with Crippen LogP contribution in [0.2, 0.25) is 0 Å². The lowest BCUT2D eigenvalue weighted by Gasteiger charge is -2.32. The number of amides is 3. The summed E-state index contributed by atoms with van der Waals surface area (Å²) >= 11 is 0. The first-order valence-corrected chi connectivity index (χ1v) is 12.9. The molecule has 2 N–H and O–H groups in total. The number of hydrogen-bond acceptors (Lipinski definition) is 6. The van der Waals surface area contributed by atoms with E-state index in [1.54, 1.807) is 27.7 Å². The van der Waals surface area contributed by atoms with Crippen molar-refractivity contribution in [3.8, 4) is 12.3 Å². The molecule has 204 valence electrons. The Bertz CT molecular complexity index is 925. The minimum atomic E-state index is -0.933. The number of benzene rings is 1. The largest absolute Gasteiger partial charge is 0.444 e. The van der Waals surface area contributed by atoms with Crippen molar-refractivity contribution in [2.24, 2.45) is 0 Å². The van der Waals surface area contributed by atoms with Gasteiger partial charge < -0.3 is 29.9 Å². The highest BCUT2D eigenvalue weighted by molar-refractivity contribution is 5.90. The van der Waals surface area contributed by atoms with Crippen LogP contribution in [0.4, 0.5) is 4.79 Å². The van der Waals surface area contributed by atoms with Crippen LogP contribution in [-0.4, -0.2) is 91.3 Å². The molecule has 1 saturated heterocycles. The summed E-state index contributed by atoms with van der Waals surface area (Å²) in [5.41, 5.74) is 0.575. The van der Waals surface area contributed by atoms with Crippen LogP contribution in [0.1, 0.15) is 46.1 Å². The summed E-state index contributed by atoms with van der Waals surface area (Å²) in [7, 11) is 1.47. The van der Waals surface area contributed by atoms with Crippen molar-refractivity contribution in [2.45, 2.75) is 70.7 Å². The molecular weight excluding hydrogens is 472 g/mol. The Kier molecular flexibility index (Phi) is 11.9. The van der Waals surface area contributed by atoms with Crippen LogP contribution in [0, 0.1) is 12.3 Å². The molecule has 0 aliphatic carbocycles. The molecule has 3 atom stereocenters. The molecule has 37 heavy (non-hydrogen) atoms. The van der Waals surface area contributed by atoms with Gasteiger partial charge in [-0.25, -0.2) is 4.79 Å². The second kappa shape index (κ2) is 14.6. The molecule has 2 rings (SSSR count). The van der Waals surface area contributed by atoms with E-state index in [9.17, 15) is 14.4 Å². The van der Waals surface area contributed by atoms with Gasteiger partial charge in [-0.2, -0.15) is 0 Å². The molecule has 1 aromatic rings. The van der Waals surface area contributed by atoms with Crippen molar-refractivity contribution in [3.63, 3.8) is 0 Å². The minimum absolute atomic E-state index is 0.0170. The third kappa shape index (κ3) is 10.4. The number of hydrogen-bond donors (Lipinski definition) is 2. The van der Waals surface area contributed by atoms with Crippen molar-refractivity contribution in [1.82, 2.24) is 20.4 Å². The van der Waals surface area contributed by atoms with Gasteiger partial charge in [0.15, 0.2) is 0 Å². The Morgan fingerprint density at radius 2 is 1.95 bits per heavy atom. The average molecular weight is 515 g/mol. The van der Waals surface area contributed by atoms with E-state index in [4.69, 9.17) is 15.9 Å². The predicted molar refractivity (Wildman–Crippen MR) is 143 cm³/mol. The first kappa shape index (κ1) is 30.1. The number of nitrogens with one attached hydrogen (secondary N) is 2. The highest BCUT2D eigenvalue weighted by Gasteiger charge is 2.37. The number of nitrogens with zero attached hydrogens (tertiary/aromatic N) is 2. The lowest BCUT2D eigenvalue weighted by atomic mass is 10.1. The number of rotatable bonds is 12. The van der Waals surface area contributed by atoms with Crippen LogP contribution in [0.25, 0.3) is 0 Å². The van der Waals surface area contributed by atoms with Crippen molar-refractivity contribution < 1.29 is 23.9 Å². The van der Waals surface area contributed by atoms with Crippen LogP contribution in [0.5, 0.6) is 0 Å². The van der Waals surface area contributed by atoms with E-state index in [-0.39, 0.29) is 25.1 Å². The standard InChI is InChI=1S/C28H42N4O5/c1-7-18-36-21(2)25(30-24(33)20-31(6)27(35)37-28(3,4)5)26(34)32-17-11-14-23(32)19-29-16-15-22-12-9-8-10-13-22/h1,8-10,12-13,21,23,25,29H,11,14-20H2,2-6H3,(H,30,33). The van der Waals surface area contributed by atoms with Crippen LogP contribution in [0.3, 0.4) is 0 Å². The third-order valence-electron chi connectivity index (χ3n) is 6.04. The quantitative estimate of drug-likeness (QED) is 0.328. The molecule has 1 fully saturated rings. The topological polar surface area (TPSA) is 100 Å². The van der Waals surface area contributed by atoms with Crippen molar-refractivity contribution >= 4 is 17.9 Å².